The van der Waals surface area contributed by atoms with E-state index in [0.29, 0.717) is 6.04 Å². The molecule has 0 radical (unpaired) electrons. The summed E-state index contributed by atoms with van der Waals surface area (Å²) in [6, 6.07) is 4.49. The molecule has 0 aromatic carbocycles. The topological polar surface area (TPSA) is 54.4 Å². The molecule has 1 atom stereocenters. The zero-order valence-electron chi connectivity index (χ0n) is 10.3. The molecule has 0 spiro atoms. The summed E-state index contributed by atoms with van der Waals surface area (Å²) in [5.74, 6) is 0.0382. The van der Waals surface area contributed by atoms with E-state index in [0.717, 1.165) is 43.4 Å². The van der Waals surface area contributed by atoms with Crippen LogP contribution >= 0.6 is 0 Å². The standard InChI is InChI=1S/C14H17N3O/c18-14(16-11-4-5-11)13-3-1-2-12(17-13)10-6-8-15-9-7-10/h6-9,11-12H,1-5H2,(H,16,18). The molecule has 4 nitrogen and oxygen atoms in total. The van der Waals surface area contributed by atoms with Crippen molar-refractivity contribution in [2.24, 2.45) is 4.99 Å². The summed E-state index contributed by atoms with van der Waals surface area (Å²) < 4.78 is 0. The van der Waals surface area contributed by atoms with Gasteiger partial charge in [0.25, 0.3) is 5.91 Å². The van der Waals surface area contributed by atoms with E-state index in [-0.39, 0.29) is 11.9 Å². The van der Waals surface area contributed by atoms with Gasteiger partial charge in [0.1, 0.15) is 5.71 Å². The summed E-state index contributed by atoms with van der Waals surface area (Å²) in [5.41, 5.74) is 1.87. The first kappa shape index (κ1) is 11.4. The average molecular weight is 243 g/mol. The van der Waals surface area contributed by atoms with Gasteiger partial charge in [-0.2, -0.15) is 0 Å². The van der Waals surface area contributed by atoms with E-state index >= 15 is 0 Å². The Labute approximate surface area is 107 Å². The fourth-order valence-electron chi connectivity index (χ4n) is 2.28. The molecule has 1 aromatic heterocycles. The van der Waals surface area contributed by atoms with Crippen LogP contribution in [0.2, 0.25) is 0 Å². The van der Waals surface area contributed by atoms with Crippen molar-refractivity contribution in [3.8, 4) is 0 Å². The molecule has 2 aliphatic rings. The third kappa shape index (κ3) is 2.58. The Hall–Kier alpha value is -1.71. The van der Waals surface area contributed by atoms with E-state index < -0.39 is 0 Å². The molecule has 94 valence electrons. The number of nitrogens with zero attached hydrogens (tertiary/aromatic N) is 2. The van der Waals surface area contributed by atoms with Crippen molar-refractivity contribution < 1.29 is 4.79 Å². The lowest BCUT2D eigenvalue weighted by atomic mass is 9.97. The number of hydrogen-bond donors (Lipinski definition) is 1. The molecular weight excluding hydrogens is 226 g/mol. The number of carbonyl (C=O) groups is 1. The van der Waals surface area contributed by atoms with Crippen LogP contribution in [0, 0.1) is 0 Å². The lowest BCUT2D eigenvalue weighted by Crippen LogP contribution is -2.34. The minimum atomic E-state index is 0.0382. The van der Waals surface area contributed by atoms with Gasteiger partial charge in [0, 0.05) is 18.4 Å². The molecule has 1 N–H and O–H groups in total. The highest BCUT2D eigenvalue weighted by Crippen LogP contribution is 2.28. The molecule has 0 bridgehead atoms. The number of hydrogen-bond acceptors (Lipinski definition) is 3. The van der Waals surface area contributed by atoms with Gasteiger partial charge < -0.3 is 5.32 Å². The van der Waals surface area contributed by atoms with Gasteiger partial charge in [0.15, 0.2) is 0 Å². The maximum atomic E-state index is 12.0. The average Bonchev–Trinajstić information content (AvgIpc) is 3.24. The molecule has 2 heterocycles. The van der Waals surface area contributed by atoms with Crippen LogP contribution in [0.25, 0.3) is 0 Å². The molecule has 4 heteroatoms. The largest absolute Gasteiger partial charge is 0.348 e. The van der Waals surface area contributed by atoms with Gasteiger partial charge in [0.2, 0.25) is 0 Å². The number of aromatic nitrogens is 1. The molecule has 1 aliphatic heterocycles. The maximum Gasteiger partial charge on any atom is 0.265 e. The molecule has 0 saturated heterocycles. The van der Waals surface area contributed by atoms with Gasteiger partial charge in [-0.25, -0.2) is 0 Å². The van der Waals surface area contributed by atoms with Crippen molar-refractivity contribution in [2.45, 2.75) is 44.2 Å². The van der Waals surface area contributed by atoms with Crippen molar-refractivity contribution in [3.63, 3.8) is 0 Å². The van der Waals surface area contributed by atoms with Crippen LogP contribution in [0.3, 0.4) is 0 Å². The molecule has 1 aliphatic carbocycles. The smallest absolute Gasteiger partial charge is 0.265 e. The lowest BCUT2D eigenvalue weighted by Gasteiger charge is -2.20. The predicted molar refractivity (Wildman–Crippen MR) is 69.4 cm³/mol. The van der Waals surface area contributed by atoms with Crippen molar-refractivity contribution in [2.75, 3.05) is 0 Å². The summed E-state index contributed by atoms with van der Waals surface area (Å²) in [7, 11) is 0. The summed E-state index contributed by atoms with van der Waals surface area (Å²) >= 11 is 0. The zero-order chi connectivity index (χ0) is 12.4. The summed E-state index contributed by atoms with van der Waals surface area (Å²) in [6.45, 7) is 0. The van der Waals surface area contributed by atoms with E-state index in [1.807, 2.05) is 12.1 Å². The first-order valence-corrected chi connectivity index (χ1v) is 6.60. The SMILES string of the molecule is O=C(NC1CC1)C1=NC(c2ccncc2)CCC1. The number of rotatable bonds is 3. The minimum Gasteiger partial charge on any atom is -0.348 e. The molecule has 18 heavy (non-hydrogen) atoms. The van der Waals surface area contributed by atoms with Gasteiger partial charge in [-0.1, -0.05) is 0 Å². The van der Waals surface area contributed by atoms with Crippen molar-refractivity contribution in [1.82, 2.24) is 10.3 Å². The van der Waals surface area contributed by atoms with Crippen LogP contribution in [-0.4, -0.2) is 22.6 Å². The number of amides is 1. The van der Waals surface area contributed by atoms with Crippen LogP contribution in [0.4, 0.5) is 0 Å². The third-order valence-electron chi connectivity index (χ3n) is 3.47. The molecular formula is C14H17N3O. The van der Waals surface area contributed by atoms with E-state index in [1.54, 1.807) is 12.4 Å². The zero-order valence-corrected chi connectivity index (χ0v) is 10.3. The first-order chi connectivity index (χ1) is 8.83. The molecule has 1 amide bonds. The van der Waals surface area contributed by atoms with E-state index in [4.69, 9.17) is 0 Å². The minimum absolute atomic E-state index is 0.0382. The molecule has 3 rings (SSSR count). The highest BCUT2D eigenvalue weighted by atomic mass is 16.2. The number of aliphatic imine (C=N–C) groups is 1. The van der Waals surface area contributed by atoms with Crippen molar-refractivity contribution in [3.05, 3.63) is 30.1 Å². The summed E-state index contributed by atoms with van der Waals surface area (Å²) in [5, 5.41) is 3.01. The molecule has 1 aromatic rings. The highest BCUT2D eigenvalue weighted by Gasteiger charge is 2.27. The van der Waals surface area contributed by atoms with Crippen LogP contribution in [0.5, 0.6) is 0 Å². The maximum absolute atomic E-state index is 12.0. The Morgan fingerprint density at radius 3 is 2.72 bits per heavy atom. The third-order valence-corrected chi connectivity index (χ3v) is 3.47. The van der Waals surface area contributed by atoms with Crippen molar-refractivity contribution >= 4 is 11.6 Å². The van der Waals surface area contributed by atoms with Crippen LogP contribution in [0.1, 0.15) is 43.7 Å². The Morgan fingerprint density at radius 2 is 2.00 bits per heavy atom. The monoisotopic (exact) mass is 243 g/mol. The Bertz CT molecular complexity index is 465. The summed E-state index contributed by atoms with van der Waals surface area (Å²) in [4.78, 5) is 20.6. The summed E-state index contributed by atoms with van der Waals surface area (Å²) in [6.07, 6.45) is 8.65. The van der Waals surface area contributed by atoms with Gasteiger partial charge in [0.05, 0.1) is 6.04 Å². The number of pyridine rings is 1. The van der Waals surface area contributed by atoms with Crippen LogP contribution in [0.15, 0.2) is 29.5 Å². The number of nitrogens with one attached hydrogen (secondary N) is 1. The Balaban J connectivity index is 1.74. The van der Waals surface area contributed by atoms with Crippen LogP contribution < -0.4 is 5.32 Å². The van der Waals surface area contributed by atoms with E-state index in [9.17, 15) is 4.79 Å². The fourth-order valence-corrected chi connectivity index (χ4v) is 2.28. The van der Waals surface area contributed by atoms with Gasteiger partial charge >= 0.3 is 0 Å². The molecule has 1 fully saturated rings. The van der Waals surface area contributed by atoms with Gasteiger partial charge in [-0.3, -0.25) is 14.8 Å². The second-order valence-corrected chi connectivity index (χ2v) is 5.01. The van der Waals surface area contributed by atoms with Gasteiger partial charge in [-0.15, -0.1) is 0 Å². The highest BCUT2D eigenvalue weighted by molar-refractivity contribution is 6.39. The molecule has 1 unspecified atom stereocenters. The fraction of sp³-hybridized carbons (Fsp3) is 0.500. The Morgan fingerprint density at radius 1 is 1.22 bits per heavy atom. The second-order valence-electron chi connectivity index (χ2n) is 5.01. The molecule has 1 saturated carbocycles. The Kier molecular flexibility index (Phi) is 3.09. The lowest BCUT2D eigenvalue weighted by molar-refractivity contribution is -0.115. The number of carbonyl (C=O) groups excluding carboxylic acids is 1. The second kappa shape index (κ2) is 4.88. The van der Waals surface area contributed by atoms with Gasteiger partial charge in [-0.05, 0) is 49.8 Å². The first-order valence-electron chi connectivity index (χ1n) is 6.60. The van der Waals surface area contributed by atoms with Crippen molar-refractivity contribution in [1.29, 1.82) is 0 Å². The van der Waals surface area contributed by atoms with E-state index in [1.165, 1.54) is 0 Å². The van der Waals surface area contributed by atoms with Crippen LogP contribution in [-0.2, 0) is 4.79 Å². The van der Waals surface area contributed by atoms with E-state index in [2.05, 4.69) is 15.3 Å². The predicted octanol–water partition coefficient (Wildman–Crippen LogP) is 2.03. The normalized spacial score (nSPS) is 23.3. The quantitative estimate of drug-likeness (QED) is 0.883.